The van der Waals surface area contributed by atoms with Crippen molar-refractivity contribution in [2.24, 2.45) is 0 Å². The maximum atomic E-state index is 12.7. The summed E-state index contributed by atoms with van der Waals surface area (Å²) < 4.78 is 35.4. The first-order valence-corrected chi connectivity index (χ1v) is 11.7. The van der Waals surface area contributed by atoms with E-state index in [0.717, 1.165) is 41.8 Å². The van der Waals surface area contributed by atoms with Crippen molar-refractivity contribution in [2.75, 3.05) is 11.8 Å². The van der Waals surface area contributed by atoms with Crippen LogP contribution >= 0.6 is 0 Å². The van der Waals surface area contributed by atoms with Crippen LogP contribution in [0.4, 0.5) is 5.69 Å². The van der Waals surface area contributed by atoms with E-state index < -0.39 is 10.0 Å². The Morgan fingerprint density at radius 3 is 2.48 bits per heavy atom. The Hall–Kier alpha value is -3.32. The second-order valence-corrected chi connectivity index (χ2v) is 8.92. The van der Waals surface area contributed by atoms with Crippen LogP contribution in [0.1, 0.15) is 18.3 Å². The number of aryl methyl sites for hydroxylation is 3. The minimum Gasteiger partial charge on any atom is -0.497 e. The molecule has 3 aromatic carbocycles. The van der Waals surface area contributed by atoms with Crippen molar-refractivity contribution >= 4 is 26.7 Å². The molecule has 0 atom stereocenters. The van der Waals surface area contributed by atoms with Gasteiger partial charge < -0.3 is 9.30 Å². The van der Waals surface area contributed by atoms with Crippen LogP contribution in [0.2, 0.25) is 0 Å². The van der Waals surface area contributed by atoms with Gasteiger partial charge >= 0.3 is 0 Å². The summed E-state index contributed by atoms with van der Waals surface area (Å²) >= 11 is 0. The number of methoxy groups -OCH3 is 1. The van der Waals surface area contributed by atoms with Crippen molar-refractivity contribution in [1.29, 1.82) is 0 Å². The highest BCUT2D eigenvalue weighted by atomic mass is 32.2. The van der Waals surface area contributed by atoms with Gasteiger partial charge in [-0.25, -0.2) is 13.4 Å². The van der Waals surface area contributed by atoms with Gasteiger partial charge in [-0.3, -0.25) is 4.72 Å². The molecule has 0 fully saturated rings. The van der Waals surface area contributed by atoms with Crippen LogP contribution in [0.15, 0.2) is 77.7 Å². The number of hydrogen-bond donors (Lipinski definition) is 1. The monoisotopic (exact) mass is 435 g/mol. The molecular weight excluding hydrogens is 410 g/mol. The predicted octanol–water partition coefficient (Wildman–Crippen LogP) is 4.65. The fraction of sp³-hybridized carbons (Fsp3) is 0.208. The van der Waals surface area contributed by atoms with Crippen LogP contribution in [-0.2, 0) is 29.4 Å². The first-order chi connectivity index (χ1) is 15.0. The molecule has 4 aromatic rings. The number of imidazole rings is 1. The van der Waals surface area contributed by atoms with Crippen molar-refractivity contribution in [3.63, 3.8) is 0 Å². The molecule has 6 nitrogen and oxygen atoms in total. The number of para-hydroxylation sites is 2. The van der Waals surface area contributed by atoms with E-state index in [0.29, 0.717) is 11.4 Å². The highest BCUT2D eigenvalue weighted by Gasteiger charge is 2.15. The molecule has 0 amide bonds. The van der Waals surface area contributed by atoms with Crippen LogP contribution in [0.3, 0.4) is 0 Å². The fourth-order valence-corrected chi connectivity index (χ4v) is 4.73. The van der Waals surface area contributed by atoms with Gasteiger partial charge in [0.05, 0.1) is 23.0 Å². The summed E-state index contributed by atoms with van der Waals surface area (Å²) in [5.41, 5.74) is 3.73. The van der Waals surface area contributed by atoms with Crippen molar-refractivity contribution in [3.05, 3.63) is 84.2 Å². The summed E-state index contributed by atoms with van der Waals surface area (Å²) in [6.07, 6.45) is 1.54. The van der Waals surface area contributed by atoms with Crippen molar-refractivity contribution in [2.45, 2.75) is 31.2 Å². The predicted molar refractivity (Wildman–Crippen MR) is 123 cm³/mol. The molecule has 1 N–H and O–H groups in total. The first-order valence-electron chi connectivity index (χ1n) is 10.2. The lowest BCUT2D eigenvalue weighted by molar-refractivity contribution is 0.414. The maximum absolute atomic E-state index is 12.7. The molecule has 0 spiro atoms. The third-order valence-corrected chi connectivity index (χ3v) is 6.63. The van der Waals surface area contributed by atoms with Crippen molar-refractivity contribution in [3.8, 4) is 5.75 Å². The Kier molecular flexibility index (Phi) is 5.95. The number of fused-ring (bicyclic) bond motifs is 1. The molecule has 0 aliphatic heterocycles. The van der Waals surface area contributed by atoms with Crippen LogP contribution in [0, 0.1) is 0 Å². The van der Waals surface area contributed by atoms with Gasteiger partial charge in [-0.1, -0.05) is 24.3 Å². The molecular formula is C24H25N3O3S. The highest BCUT2D eigenvalue weighted by molar-refractivity contribution is 7.92. The summed E-state index contributed by atoms with van der Waals surface area (Å²) in [4.78, 5) is 4.97. The molecule has 0 saturated heterocycles. The molecule has 31 heavy (non-hydrogen) atoms. The zero-order chi connectivity index (χ0) is 21.8. The molecule has 1 aromatic heterocycles. The molecule has 1 heterocycles. The molecule has 160 valence electrons. The average molecular weight is 436 g/mol. The largest absolute Gasteiger partial charge is 0.497 e. The van der Waals surface area contributed by atoms with E-state index >= 15 is 0 Å². The van der Waals surface area contributed by atoms with Crippen molar-refractivity contribution in [1.82, 2.24) is 9.55 Å². The number of hydrogen-bond acceptors (Lipinski definition) is 4. The Labute approximate surface area is 182 Å². The van der Waals surface area contributed by atoms with Gasteiger partial charge in [-0.2, -0.15) is 0 Å². The topological polar surface area (TPSA) is 73.2 Å². The normalized spacial score (nSPS) is 11.5. The van der Waals surface area contributed by atoms with E-state index in [4.69, 9.17) is 9.72 Å². The molecule has 0 saturated carbocycles. The lowest BCUT2D eigenvalue weighted by Gasteiger charge is -2.11. The van der Waals surface area contributed by atoms with Crippen LogP contribution < -0.4 is 9.46 Å². The molecule has 4 rings (SSSR count). The molecule has 0 radical (unpaired) electrons. The van der Waals surface area contributed by atoms with Gasteiger partial charge in [-0.15, -0.1) is 0 Å². The maximum Gasteiger partial charge on any atom is 0.261 e. The molecule has 0 aliphatic rings. The van der Waals surface area contributed by atoms with Gasteiger partial charge in [0.2, 0.25) is 0 Å². The third-order valence-electron chi connectivity index (χ3n) is 5.24. The number of rotatable bonds is 8. The summed E-state index contributed by atoms with van der Waals surface area (Å²) in [7, 11) is -2.13. The lowest BCUT2D eigenvalue weighted by Crippen LogP contribution is -2.13. The number of benzene rings is 3. The van der Waals surface area contributed by atoms with E-state index in [1.807, 2.05) is 36.4 Å². The molecule has 0 aliphatic carbocycles. The summed E-state index contributed by atoms with van der Waals surface area (Å²) in [5.74, 6) is 1.65. The van der Waals surface area contributed by atoms with Gasteiger partial charge in [0.15, 0.2) is 0 Å². The fourth-order valence-electron chi connectivity index (χ4n) is 3.68. The summed E-state index contributed by atoms with van der Waals surface area (Å²) in [6.45, 7) is 2.98. The quantitative estimate of drug-likeness (QED) is 0.437. The van der Waals surface area contributed by atoms with Crippen LogP contribution in [-0.4, -0.2) is 25.1 Å². The van der Waals surface area contributed by atoms with E-state index in [-0.39, 0.29) is 4.90 Å². The second-order valence-electron chi connectivity index (χ2n) is 7.24. The highest BCUT2D eigenvalue weighted by Crippen LogP contribution is 2.21. The van der Waals surface area contributed by atoms with E-state index in [1.165, 1.54) is 12.1 Å². The lowest BCUT2D eigenvalue weighted by atomic mass is 10.1. The Bertz CT molecular complexity index is 1300. The standard InChI is InChI=1S/C24H25N3O3S/c1-3-27-23-10-5-4-9-22(23)25-24(27)16-11-18-7-6-8-19(17-18)26-31(28,29)21-14-12-20(30-2)13-15-21/h4-10,12-15,17,26H,3,11,16H2,1-2H3. The van der Waals surface area contributed by atoms with E-state index in [2.05, 4.69) is 22.3 Å². The van der Waals surface area contributed by atoms with Crippen LogP contribution in [0.5, 0.6) is 5.75 Å². The van der Waals surface area contributed by atoms with Gasteiger partial charge in [0.1, 0.15) is 11.6 Å². The number of anilines is 1. The number of aromatic nitrogens is 2. The third kappa shape index (κ3) is 4.56. The first kappa shape index (κ1) is 20.9. The number of nitrogens with one attached hydrogen (secondary N) is 1. The molecule has 0 bridgehead atoms. The van der Waals surface area contributed by atoms with Gasteiger partial charge in [0, 0.05) is 18.7 Å². The van der Waals surface area contributed by atoms with Gasteiger partial charge in [-0.05, 0) is 67.4 Å². The molecule has 0 unspecified atom stereocenters. The Morgan fingerprint density at radius 1 is 0.968 bits per heavy atom. The van der Waals surface area contributed by atoms with E-state index in [1.54, 1.807) is 25.3 Å². The Morgan fingerprint density at radius 2 is 1.74 bits per heavy atom. The van der Waals surface area contributed by atoms with Gasteiger partial charge in [0.25, 0.3) is 10.0 Å². The minimum absolute atomic E-state index is 0.190. The zero-order valence-electron chi connectivity index (χ0n) is 17.6. The van der Waals surface area contributed by atoms with Crippen molar-refractivity contribution < 1.29 is 13.2 Å². The van der Waals surface area contributed by atoms with E-state index in [9.17, 15) is 8.42 Å². The second kappa shape index (κ2) is 8.81. The van der Waals surface area contributed by atoms with Crippen LogP contribution in [0.25, 0.3) is 11.0 Å². The number of sulfonamides is 1. The summed E-state index contributed by atoms with van der Waals surface area (Å²) in [6, 6.07) is 22.0. The molecule has 7 heteroatoms. The Balaban J connectivity index is 1.50. The smallest absolute Gasteiger partial charge is 0.261 e. The SMILES string of the molecule is CCn1c(CCc2cccc(NS(=O)(=O)c3ccc(OC)cc3)c2)nc2ccccc21. The number of ether oxygens (including phenoxy) is 1. The number of nitrogens with zero attached hydrogens (tertiary/aromatic N) is 2. The minimum atomic E-state index is -3.67. The average Bonchev–Trinajstić information content (AvgIpc) is 3.15. The summed E-state index contributed by atoms with van der Waals surface area (Å²) in [5, 5.41) is 0. The zero-order valence-corrected chi connectivity index (χ0v) is 18.4.